The molecule has 0 aliphatic rings. The zero-order valence-electron chi connectivity index (χ0n) is 5.33. The highest BCUT2D eigenvalue weighted by atomic mass is 14.8. The molecule has 1 aromatic heterocycles. The van der Waals surface area contributed by atoms with Gasteiger partial charge in [-0.1, -0.05) is 11.5 Å². The van der Waals surface area contributed by atoms with E-state index in [-0.39, 0.29) is 0 Å². The van der Waals surface area contributed by atoms with Crippen LogP contribution in [0, 0.1) is 5.41 Å². The Kier molecular flexibility index (Phi) is 1.71. The number of pyridine rings is 1. The maximum atomic E-state index is 6.88. The molecule has 2 radical (unpaired) electrons. The highest BCUT2D eigenvalue weighted by Crippen LogP contribution is 1.99. The molecular formula is C6H6BN3. The van der Waals surface area contributed by atoms with E-state index in [2.05, 4.69) is 4.98 Å². The summed E-state index contributed by atoms with van der Waals surface area (Å²) >= 11 is 0. The molecule has 1 aromatic rings. The van der Waals surface area contributed by atoms with Crippen LogP contribution in [-0.2, 0) is 0 Å². The van der Waals surface area contributed by atoms with Crippen LogP contribution in [0.1, 0.15) is 5.56 Å². The van der Waals surface area contributed by atoms with Gasteiger partial charge in [-0.3, -0.25) is 0 Å². The van der Waals surface area contributed by atoms with Crippen LogP contribution >= 0.6 is 0 Å². The van der Waals surface area contributed by atoms with Gasteiger partial charge in [-0.05, 0) is 0 Å². The van der Waals surface area contributed by atoms with E-state index in [0.717, 1.165) is 6.21 Å². The largest absolute Gasteiger partial charge is 0.383 e. The molecule has 0 spiro atoms. The lowest BCUT2D eigenvalue weighted by molar-refractivity contribution is 1.34. The molecule has 0 aliphatic heterocycles. The van der Waals surface area contributed by atoms with Gasteiger partial charge in [0.2, 0.25) is 0 Å². The van der Waals surface area contributed by atoms with E-state index in [1.807, 2.05) is 0 Å². The minimum atomic E-state index is 0.337. The van der Waals surface area contributed by atoms with Crippen LogP contribution in [0.15, 0.2) is 12.3 Å². The maximum absolute atomic E-state index is 6.88. The van der Waals surface area contributed by atoms with Crippen molar-refractivity contribution < 1.29 is 0 Å². The molecule has 48 valence electrons. The maximum Gasteiger partial charge on any atom is 0.132 e. The second-order valence-electron chi connectivity index (χ2n) is 1.89. The SMILES string of the molecule is [B]c1cnc(N)c(C=N)c1. The number of rotatable bonds is 1. The van der Waals surface area contributed by atoms with Gasteiger partial charge in [0.15, 0.2) is 0 Å². The van der Waals surface area contributed by atoms with Crippen molar-refractivity contribution in [2.24, 2.45) is 0 Å². The summed E-state index contributed by atoms with van der Waals surface area (Å²) in [6.07, 6.45) is 2.58. The zero-order chi connectivity index (χ0) is 7.56. The fourth-order valence-electron chi connectivity index (χ4n) is 0.625. The average molecular weight is 131 g/mol. The molecule has 1 rings (SSSR count). The molecule has 1 heterocycles. The van der Waals surface area contributed by atoms with Gasteiger partial charge in [-0.2, -0.15) is 0 Å². The normalized spacial score (nSPS) is 9.20. The number of aromatic nitrogens is 1. The van der Waals surface area contributed by atoms with Crippen LogP contribution in [0.4, 0.5) is 5.82 Å². The first-order valence-corrected chi connectivity index (χ1v) is 2.75. The number of anilines is 1. The van der Waals surface area contributed by atoms with E-state index in [1.165, 1.54) is 6.20 Å². The lowest BCUT2D eigenvalue weighted by Crippen LogP contribution is -2.07. The lowest BCUT2D eigenvalue weighted by Gasteiger charge is -1.97. The Labute approximate surface area is 60.2 Å². The van der Waals surface area contributed by atoms with E-state index in [9.17, 15) is 0 Å². The Morgan fingerprint density at radius 1 is 1.70 bits per heavy atom. The van der Waals surface area contributed by atoms with Gasteiger partial charge >= 0.3 is 0 Å². The predicted molar refractivity (Wildman–Crippen MR) is 41.9 cm³/mol. The molecule has 10 heavy (non-hydrogen) atoms. The van der Waals surface area contributed by atoms with Crippen molar-refractivity contribution in [3.05, 3.63) is 17.8 Å². The van der Waals surface area contributed by atoms with Crippen LogP contribution in [-0.4, -0.2) is 19.0 Å². The van der Waals surface area contributed by atoms with Crippen LogP contribution in [0.25, 0.3) is 0 Å². The summed E-state index contributed by atoms with van der Waals surface area (Å²) in [6, 6.07) is 1.61. The number of hydrogen-bond donors (Lipinski definition) is 2. The molecule has 0 aliphatic carbocycles. The number of nitrogens with zero attached hydrogens (tertiary/aromatic N) is 1. The summed E-state index contributed by atoms with van der Waals surface area (Å²) in [4.78, 5) is 3.75. The second kappa shape index (κ2) is 2.52. The van der Waals surface area contributed by atoms with Gasteiger partial charge < -0.3 is 11.1 Å². The van der Waals surface area contributed by atoms with E-state index in [4.69, 9.17) is 19.0 Å². The first-order valence-electron chi connectivity index (χ1n) is 2.75. The third kappa shape index (κ3) is 1.15. The van der Waals surface area contributed by atoms with E-state index < -0.39 is 0 Å². The van der Waals surface area contributed by atoms with Crippen molar-refractivity contribution in [2.75, 3.05) is 5.73 Å². The molecule has 0 bridgehead atoms. The molecule has 0 fully saturated rings. The number of nitrogen functional groups attached to an aromatic ring is 1. The minimum absolute atomic E-state index is 0.337. The van der Waals surface area contributed by atoms with E-state index in [0.29, 0.717) is 16.8 Å². The molecule has 3 N–H and O–H groups in total. The summed E-state index contributed by atoms with van der Waals surface area (Å²) in [5.41, 5.74) is 6.46. The van der Waals surface area contributed by atoms with E-state index >= 15 is 0 Å². The van der Waals surface area contributed by atoms with Gasteiger partial charge in [0.1, 0.15) is 13.7 Å². The van der Waals surface area contributed by atoms with Gasteiger partial charge in [0.05, 0.1) is 0 Å². The molecule has 0 unspecified atom stereocenters. The van der Waals surface area contributed by atoms with Crippen molar-refractivity contribution in [1.82, 2.24) is 4.98 Å². The van der Waals surface area contributed by atoms with Crippen molar-refractivity contribution in [3.63, 3.8) is 0 Å². The van der Waals surface area contributed by atoms with Gasteiger partial charge in [-0.15, -0.1) is 0 Å². The van der Waals surface area contributed by atoms with Gasteiger partial charge in [0, 0.05) is 18.0 Å². The lowest BCUT2D eigenvalue weighted by atomic mass is 9.97. The van der Waals surface area contributed by atoms with E-state index in [1.54, 1.807) is 6.07 Å². The highest BCUT2D eigenvalue weighted by molar-refractivity contribution is 6.32. The predicted octanol–water partition coefficient (Wildman–Crippen LogP) is -0.545. The van der Waals surface area contributed by atoms with Crippen molar-refractivity contribution in [2.45, 2.75) is 0 Å². The third-order valence-electron chi connectivity index (χ3n) is 1.13. The number of nitrogens with one attached hydrogen (secondary N) is 1. The molecule has 0 amide bonds. The monoisotopic (exact) mass is 131 g/mol. The summed E-state index contributed by atoms with van der Waals surface area (Å²) in [5, 5.41) is 6.88. The summed E-state index contributed by atoms with van der Waals surface area (Å²) in [6.45, 7) is 0. The molecule has 0 saturated carbocycles. The Morgan fingerprint density at radius 2 is 2.40 bits per heavy atom. The molecule has 0 atom stereocenters. The molecule has 0 aromatic carbocycles. The van der Waals surface area contributed by atoms with Gasteiger partial charge in [0.25, 0.3) is 0 Å². The first-order chi connectivity index (χ1) is 4.74. The summed E-state index contributed by atoms with van der Waals surface area (Å²) < 4.78 is 0. The van der Waals surface area contributed by atoms with Crippen LogP contribution in [0.3, 0.4) is 0 Å². The van der Waals surface area contributed by atoms with Crippen molar-refractivity contribution >= 4 is 25.3 Å². The van der Waals surface area contributed by atoms with Gasteiger partial charge in [-0.25, -0.2) is 4.98 Å². The quantitative estimate of drug-likeness (QED) is 0.397. The second-order valence-corrected chi connectivity index (χ2v) is 1.89. The number of nitrogens with two attached hydrogens (primary N) is 1. The topological polar surface area (TPSA) is 62.8 Å². The highest BCUT2D eigenvalue weighted by Gasteiger charge is 1.94. The molecular weight excluding hydrogens is 125 g/mol. The molecule has 4 heteroatoms. The average Bonchev–Trinajstić information content (AvgIpc) is 1.94. The third-order valence-corrected chi connectivity index (χ3v) is 1.13. The Balaban J connectivity index is 3.21. The zero-order valence-corrected chi connectivity index (χ0v) is 5.33. The minimum Gasteiger partial charge on any atom is -0.383 e. The number of hydrogen-bond acceptors (Lipinski definition) is 3. The van der Waals surface area contributed by atoms with Crippen molar-refractivity contribution in [1.29, 1.82) is 5.41 Å². The standard InChI is InChI=1S/C6H6BN3/c7-5-1-4(2-8)6(9)10-3-5/h1-3,8H,(H2,9,10). The molecule has 0 saturated heterocycles. The fourth-order valence-corrected chi connectivity index (χ4v) is 0.625. The first kappa shape index (κ1) is 6.80. The molecule has 3 nitrogen and oxygen atoms in total. The summed E-state index contributed by atoms with van der Waals surface area (Å²) in [5.74, 6) is 0.337. The fraction of sp³-hybridized carbons (Fsp3) is 0. The Bertz CT molecular complexity index is 259. The Morgan fingerprint density at radius 3 is 2.90 bits per heavy atom. The Hall–Kier alpha value is -1.32. The smallest absolute Gasteiger partial charge is 0.132 e. The van der Waals surface area contributed by atoms with Crippen LogP contribution in [0.5, 0.6) is 0 Å². The van der Waals surface area contributed by atoms with Crippen LogP contribution < -0.4 is 11.2 Å². The van der Waals surface area contributed by atoms with Crippen molar-refractivity contribution in [3.8, 4) is 0 Å². The van der Waals surface area contributed by atoms with Crippen LogP contribution in [0.2, 0.25) is 0 Å². The summed E-state index contributed by atoms with van der Waals surface area (Å²) in [7, 11) is 5.38.